The van der Waals surface area contributed by atoms with Crippen molar-refractivity contribution in [1.82, 2.24) is 5.32 Å². The van der Waals surface area contributed by atoms with Crippen LogP contribution in [0.15, 0.2) is 36.5 Å². The maximum absolute atomic E-state index is 13.3. The molecule has 1 aliphatic rings. The number of nitrogens with one attached hydrogen (secondary N) is 1. The molecule has 11 heteroatoms. The summed E-state index contributed by atoms with van der Waals surface area (Å²) >= 11 is 0. The van der Waals surface area contributed by atoms with E-state index in [0.29, 0.717) is 12.8 Å². The highest BCUT2D eigenvalue weighted by molar-refractivity contribution is 5.80. The first-order valence-electron chi connectivity index (χ1n) is 28.3. The lowest BCUT2D eigenvalue weighted by molar-refractivity contribution is -0.305. The number of allylic oxidation sites excluding steroid dienone is 5. The molecule has 8 atom stereocenters. The third kappa shape index (κ3) is 34.2. The predicted octanol–water partition coefficient (Wildman–Crippen LogP) is 12.3. The van der Waals surface area contributed by atoms with Crippen LogP contribution in [-0.2, 0) is 23.8 Å². The Bertz CT molecular complexity index is 1240. The predicted molar refractivity (Wildman–Crippen MR) is 278 cm³/mol. The number of aliphatic hydroxyl groups excluding tert-OH is 5. The van der Waals surface area contributed by atoms with E-state index >= 15 is 0 Å². The number of hydrogen-bond donors (Lipinski definition) is 6. The van der Waals surface area contributed by atoms with E-state index in [1.54, 1.807) is 6.08 Å². The second-order valence-corrected chi connectivity index (χ2v) is 19.7. The van der Waals surface area contributed by atoms with Crippen LogP contribution in [0.3, 0.4) is 0 Å². The summed E-state index contributed by atoms with van der Waals surface area (Å²) in [5.74, 6) is -1.21. The highest BCUT2D eigenvalue weighted by Gasteiger charge is 2.47. The number of carbonyl (C=O) groups excluding carboxylic acids is 2. The summed E-state index contributed by atoms with van der Waals surface area (Å²) in [6.07, 6.45) is 41.9. The molecule has 1 saturated heterocycles. The Morgan fingerprint density at radius 1 is 0.559 bits per heavy atom. The van der Waals surface area contributed by atoms with Crippen LogP contribution < -0.4 is 5.32 Å². The fourth-order valence-electron chi connectivity index (χ4n) is 8.70. The van der Waals surface area contributed by atoms with E-state index in [2.05, 4.69) is 50.4 Å². The van der Waals surface area contributed by atoms with Crippen molar-refractivity contribution in [3.8, 4) is 0 Å². The topological polar surface area (TPSA) is 175 Å². The molecule has 68 heavy (non-hydrogen) atoms. The van der Waals surface area contributed by atoms with Crippen LogP contribution in [0.25, 0.3) is 0 Å². The molecule has 0 aromatic rings. The molecule has 6 N–H and O–H groups in total. The first-order chi connectivity index (χ1) is 33.2. The smallest absolute Gasteiger partial charge is 0.306 e. The van der Waals surface area contributed by atoms with Crippen LogP contribution in [0.5, 0.6) is 0 Å². The van der Waals surface area contributed by atoms with Crippen LogP contribution in [0.4, 0.5) is 0 Å². The molecule has 1 rings (SSSR count). The summed E-state index contributed by atoms with van der Waals surface area (Å²) in [7, 11) is 0. The average molecular weight is 964 g/mol. The lowest BCUT2D eigenvalue weighted by Gasteiger charge is -2.41. The number of unbranched alkanes of at least 4 members (excludes halogenated alkanes) is 29. The van der Waals surface area contributed by atoms with Gasteiger partial charge in [0.05, 0.1) is 25.4 Å². The molecule has 1 amide bonds. The Labute approximate surface area is 415 Å². The van der Waals surface area contributed by atoms with E-state index < -0.39 is 67.4 Å². The minimum absolute atomic E-state index is 0.104. The Kier molecular flexibility index (Phi) is 43.2. The normalized spacial score (nSPS) is 20.1. The molecule has 11 nitrogen and oxygen atoms in total. The van der Waals surface area contributed by atoms with Gasteiger partial charge in [-0.2, -0.15) is 0 Å². The number of esters is 1. The molecule has 0 aliphatic carbocycles. The van der Waals surface area contributed by atoms with Crippen LogP contribution >= 0.6 is 0 Å². The SMILES string of the molecule is CCCCCC/C=C\CCCCCCCCC(O)C(=O)NC(COC1OC(CO)C(O)C(O)C1OC(=O)CCCCC/C=C\CCCCCCCCC)C(O)/C=C/CCCCCCCCCCC. The number of ether oxygens (including phenoxy) is 3. The monoisotopic (exact) mass is 964 g/mol. The number of amides is 1. The summed E-state index contributed by atoms with van der Waals surface area (Å²) in [4.78, 5) is 26.4. The number of rotatable bonds is 47. The number of aliphatic hydroxyl groups is 5. The second-order valence-electron chi connectivity index (χ2n) is 19.7. The fraction of sp³-hybridized carbons (Fsp3) is 0.860. The second kappa shape index (κ2) is 46.0. The number of hydrogen-bond acceptors (Lipinski definition) is 10. The van der Waals surface area contributed by atoms with Crippen molar-refractivity contribution in [2.24, 2.45) is 0 Å². The highest BCUT2D eigenvalue weighted by atomic mass is 16.7. The molecular formula is C57H105NO10. The van der Waals surface area contributed by atoms with Gasteiger partial charge in [-0.1, -0.05) is 205 Å². The summed E-state index contributed by atoms with van der Waals surface area (Å²) < 4.78 is 17.5. The van der Waals surface area contributed by atoms with Gasteiger partial charge in [-0.15, -0.1) is 0 Å². The van der Waals surface area contributed by atoms with Crippen molar-refractivity contribution >= 4 is 11.9 Å². The van der Waals surface area contributed by atoms with Crippen molar-refractivity contribution in [3.05, 3.63) is 36.5 Å². The lowest BCUT2D eigenvalue weighted by Crippen LogP contribution is -2.61. The molecule has 0 spiro atoms. The standard InChI is InChI=1S/C57H105NO10/c1-4-7-10-13-16-19-22-24-26-29-32-35-38-41-44-50(61)56(65)58-48(49(60)43-40-37-34-31-28-21-18-15-12-9-6-3)47-66-57-55(54(64)53(63)51(46-59)67-57)68-52(62)45-42-39-36-33-30-27-25-23-20-17-14-11-8-5-2/h19,22,27,30,40,43,48-51,53-55,57,59-61,63-64H,4-18,20-21,23-26,28-29,31-39,41-42,44-47H2,1-3H3,(H,58,65)/b22-19-,30-27-,43-40+. The summed E-state index contributed by atoms with van der Waals surface area (Å²) in [5, 5.41) is 56.7. The Morgan fingerprint density at radius 2 is 0.971 bits per heavy atom. The average Bonchev–Trinajstić information content (AvgIpc) is 3.33. The zero-order valence-electron chi connectivity index (χ0n) is 43.7. The van der Waals surface area contributed by atoms with Crippen molar-refractivity contribution in [2.75, 3.05) is 13.2 Å². The molecule has 0 aromatic heterocycles. The summed E-state index contributed by atoms with van der Waals surface area (Å²) in [5.41, 5.74) is 0. The lowest BCUT2D eigenvalue weighted by atomic mass is 9.99. The molecule has 398 valence electrons. The van der Waals surface area contributed by atoms with Gasteiger partial charge in [0.15, 0.2) is 12.4 Å². The van der Waals surface area contributed by atoms with E-state index in [1.807, 2.05) is 6.08 Å². The van der Waals surface area contributed by atoms with Crippen molar-refractivity contribution < 1.29 is 49.3 Å². The quantitative estimate of drug-likeness (QED) is 0.0196. The molecular weight excluding hydrogens is 859 g/mol. The van der Waals surface area contributed by atoms with Gasteiger partial charge in [0.1, 0.15) is 24.4 Å². The van der Waals surface area contributed by atoms with Gasteiger partial charge in [0.2, 0.25) is 5.91 Å². The molecule has 8 unspecified atom stereocenters. The van der Waals surface area contributed by atoms with Crippen LogP contribution in [-0.4, -0.2) is 99.6 Å². The fourth-order valence-corrected chi connectivity index (χ4v) is 8.70. The van der Waals surface area contributed by atoms with Crippen LogP contribution in [0.1, 0.15) is 252 Å². The maximum Gasteiger partial charge on any atom is 0.306 e. The van der Waals surface area contributed by atoms with Gasteiger partial charge in [-0.05, 0) is 77.0 Å². The Morgan fingerprint density at radius 3 is 1.44 bits per heavy atom. The summed E-state index contributed by atoms with van der Waals surface area (Å²) in [6, 6.07) is -1.02. The van der Waals surface area contributed by atoms with E-state index in [4.69, 9.17) is 14.2 Å². The molecule has 1 heterocycles. The largest absolute Gasteiger partial charge is 0.454 e. The molecule has 1 aliphatic heterocycles. The zero-order valence-corrected chi connectivity index (χ0v) is 43.7. The number of carbonyl (C=O) groups is 2. The minimum atomic E-state index is -1.62. The van der Waals surface area contributed by atoms with Gasteiger partial charge >= 0.3 is 5.97 Å². The molecule has 0 saturated carbocycles. The molecule has 0 aromatic carbocycles. The first-order valence-corrected chi connectivity index (χ1v) is 28.3. The van der Waals surface area contributed by atoms with Gasteiger partial charge in [0, 0.05) is 6.42 Å². The molecule has 1 fully saturated rings. The van der Waals surface area contributed by atoms with Gasteiger partial charge < -0.3 is 45.1 Å². The molecule has 0 radical (unpaired) electrons. The maximum atomic E-state index is 13.3. The Balaban J connectivity index is 2.75. The zero-order chi connectivity index (χ0) is 49.7. The van der Waals surface area contributed by atoms with E-state index in [1.165, 1.54) is 128 Å². The first kappa shape index (κ1) is 63.9. The van der Waals surface area contributed by atoms with Crippen LogP contribution in [0, 0.1) is 0 Å². The van der Waals surface area contributed by atoms with Gasteiger partial charge in [-0.25, -0.2) is 0 Å². The van der Waals surface area contributed by atoms with E-state index in [9.17, 15) is 35.1 Å². The van der Waals surface area contributed by atoms with Gasteiger partial charge in [-0.3, -0.25) is 9.59 Å². The van der Waals surface area contributed by atoms with Gasteiger partial charge in [0.25, 0.3) is 0 Å². The van der Waals surface area contributed by atoms with Crippen molar-refractivity contribution in [1.29, 1.82) is 0 Å². The highest BCUT2D eigenvalue weighted by Crippen LogP contribution is 2.26. The van der Waals surface area contributed by atoms with E-state index in [0.717, 1.165) is 77.0 Å². The summed E-state index contributed by atoms with van der Waals surface area (Å²) in [6.45, 7) is 5.74. The molecule has 0 bridgehead atoms. The van der Waals surface area contributed by atoms with E-state index in [-0.39, 0.29) is 19.4 Å². The Hall–Kier alpha value is -2.12. The minimum Gasteiger partial charge on any atom is -0.454 e. The van der Waals surface area contributed by atoms with Crippen molar-refractivity contribution in [2.45, 2.75) is 301 Å². The third-order valence-corrected chi connectivity index (χ3v) is 13.3. The van der Waals surface area contributed by atoms with Crippen LogP contribution in [0.2, 0.25) is 0 Å². The van der Waals surface area contributed by atoms with Crippen molar-refractivity contribution in [3.63, 3.8) is 0 Å². The third-order valence-electron chi connectivity index (χ3n) is 13.3.